The van der Waals surface area contributed by atoms with Gasteiger partial charge in [0.15, 0.2) is 17.3 Å². The highest BCUT2D eigenvalue weighted by atomic mass is 19.1. The number of benzene rings is 1. The highest BCUT2D eigenvalue weighted by Crippen LogP contribution is 2.27. The Morgan fingerprint density at radius 1 is 1.26 bits per heavy atom. The molecular formula is C15H14FNO2. The molecule has 0 spiro atoms. The SMILES string of the molecule is COc1cc(-n2ccc3c2CCCC3=O)ccc1F. The molecule has 0 amide bonds. The van der Waals surface area contributed by atoms with E-state index in [1.807, 2.05) is 16.8 Å². The monoisotopic (exact) mass is 259 g/mol. The van der Waals surface area contributed by atoms with E-state index in [0.717, 1.165) is 29.8 Å². The number of carbonyl (C=O) groups is 1. The van der Waals surface area contributed by atoms with E-state index in [0.29, 0.717) is 6.42 Å². The van der Waals surface area contributed by atoms with Crippen molar-refractivity contribution in [3.05, 3.63) is 47.5 Å². The minimum Gasteiger partial charge on any atom is -0.494 e. The second kappa shape index (κ2) is 4.53. The number of hydrogen-bond donors (Lipinski definition) is 0. The molecule has 1 aromatic carbocycles. The average molecular weight is 259 g/mol. The highest BCUT2D eigenvalue weighted by Gasteiger charge is 2.21. The third-order valence-electron chi connectivity index (χ3n) is 3.52. The van der Waals surface area contributed by atoms with Crippen molar-refractivity contribution < 1.29 is 13.9 Å². The van der Waals surface area contributed by atoms with Gasteiger partial charge in [-0.15, -0.1) is 0 Å². The third kappa shape index (κ3) is 1.93. The number of carbonyl (C=O) groups excluding carboxylic acids is 1. The summed E-state index contributed by atoms with van der Waals surface area (Å²) in [5.74, 6) is 0.0134. The summed E-state index contributed by atoms with van der Waals surface area (Å²) in [6.07, 6.45) is 4.21. The maximum atomic E-state index is 13.4. The van der Waals surface area contributed by atoms with Gasteiger partial charge in [0, 0.05) is 35.6 Å². The Morgan fingerprint density at radius 2 is 2.11 bits per heavy atom. The van der Waals surface area contributed by atoms with Crippen LogP contribution in [0.4, 0.5) is 4.39 Å². The Kier molecular flexibility index (Phi) is 2.85. The summed E-state index contributed by atoms with van der Waals surface area (Å²) in [6.45, 7) is 0. The molecule has 0 saturated heterocycles. The molecule has 0 saturated carbocycles. The molecule has 3 nitrogen and oxygen atoms in total. The Bertz CT molecular complexity index is 646. The van der Waals surface area contributed by atoms with Gasteiger partial charge in [0.05, 0.1) is 7.11 Å². The first kappa shape index (κ1) is 12.0. The summed E-state index contributed by atoms with van der Waals surface area (Å²) in [5, 5.41) is 0. The first-order chi connectivity index (χ1) is 9.20. The summed E-state index contributed by atoms with van der Waals surface area (Å²) in [6, 6.07) is 6.56. The van der Waals surface area contributed by atoms with E-state index < -0.39 is 0 Å². The predicted octanol–water partition coefficient (Wildman–Crippen LogP) is 3.14. The lowest BCUT2D eigenvalue weighted by Gasteiger charge is -2.15. The van der Waals surface area contributed by atoms with Gasteiger partial charge in [-0.25, -0.2) is 4.39 Å². The van der Waals surface area contributed by atoms with Crippen LogP contribution in [0.1, 0.15) is 28.9 Å². The number of aromatic nitrogens is 1. The van der Waals surface area contributed by atoms with E-state index >= 15 is 0 Å². The lowest BCUT2D eigenvalue weighted by Crippen LogP contribution is -2.12. The van der Waals surface area contributed by atoms with Crippen LogP contribution in [0.15, 0.2) is 30.5 Å². The van der Waals surface area contributed by atoms with Crippen LogP contribution in [0.3, 0.4) is 0 Å². The van der Waals surface area contributed by atoms with E-state index in [9.17, 15) is 9.18 Å². The zero-order valence-electron chi connectivity index (χ0n) is 10.6. The van der Waals surface area contributed by atoms with Crippen LogP contribution < -0.4 is 4.74 Å². The molecule has 0 radical (unpaired) electrons. The average Bonchev–Trinajstić information content (AvgIpc) is 2.85. The molecule has 1 aromatic heterocycles. The Morgan fingerprint density at radius 3 is 2.89 bits per heavy atom. The van der Waals surface area contributed by atoms with E-state index in [1.54, 1.807) is 12.1 Å². The van der Waals surface area contributed by atoms with Crippen LogP contribution in [0.5, 0.6) is 5.75 Å². The van der Waals surface area contributed by atoms with E-state index in [-0.39, 0.29) is 17.3 Å². The number of nitrogens with zero attached hydrogens (tertiary/aromatic N) is 1. The van der Waals surface area contributed by atoms with Crippen LogP contribution in [0, 0.1) is 5.82 Å². The standard InChI is InChI=1S/C15H14FNO2/c1-19-15-9-10(5-6-12(15)16)17-8-7-11-13(17)3-2-4-14(11)18/h5-9H,2-4H2,1H3. The number of rotatable bonds is 2. The predicted molar refractivity (Wildman–Crippen MR) is 69.5 cm³/mol. The van der Waals surface area contributed by atoms with Crippen molar-refractivity contribution in [1.29, 1.82) is 0 Å². The topological polar surface area (TPSA) is 31.2 Å². The van der Waals surface area contributed by atoms with Gasteiger partial charge < -0.3 is 9.30 Å². The van der Waals surface area contributed by atoms with Gasteiger partial charge in [-0.1, -0.05) is 0 Å². The molecule has 0 aliphatic heterocycles. The minimum absolute atomic E-state index is 0.189. The first-order valence-electron chi connectivity index (χ1n) is 6.28. The van der Waals surface area contributed by atoms with Crippen LogP contribution in [-0.4, -0.2) is 17.5 Å². The fourth-order valence-corrected chi connectivity index (χ4v) is 2.57. The smallest absolute Gasteiger partial charge is 0.165 e. The van der Waals surface area contributed by atoms with Crippen molar-refractivity contribution >= 4 is 5.78 Å². The molecule has 1 aliphatic rings. The summed E-state index contributed by atoms with van der Waals surface area (Å²) in [4.78, 5) is 11.8. The maximum Gasteiger partial charge on any atom is 0.165 e. The van der Waals surface area contributed by atoms with Gasteiger partial charge in [0.25, 0.3) is 0 Å². The number of ether oxygens (including phenoxy) is 1. The Balaban J connectivity index is 2.10. The molecule has 0 N–H and O–H groups in total. The lowest BCUT2D eigenvalue weighted by atomic mass is 9.97. The number of Topliss-reactive ketones (excluding diaryl/α,β-unsaturated/α-hetero) is 1. The van der Waals surface area contributed by atoms with Gasteiger partial charge in [-0.2, -0.15) is 0 Å². The molecule has 0 unspecified atom stereocenters. The molecule has 0 bridgehead atoms. The third-order valence-corrected chi connectivity index (χ3v) is 3.52. The van der Waals surface area contributed by atoms with E-state index in [2.05, 4.69) is 0 Å². The summed E-state index contributed by atoms with van der Waals surface area (Å²) < 4.78 is 20.4. The molecule has 3 rings (SSSR count). The molecule has 1 aliphatic carbocycles. The number of fused-ring (bicyclic) bond motifs is 1. The molecule has 98 valence electrons. The molecule has 4 heteroatoms. The normalized spacial score (nSPS) is 14.3. The van der Waals surface area contributed by atoms with Crippen molar-refractivity contribution in [2.75, 3.05) is 7.11 Å². The molecule has 1 heterocycles. The number of halogens is 1. The van der Waals surface area contributed by atoms with E-state index in [4.69, 9.17) is 4.74 Å². The highest BCUT2D eigenvalue weighted by molar-refractivity contribution is 5.98. The van der Waals surface area contributed by atoms with Crippen molar-refractivity contribution in [3.8, 4) is 11.4 Å². The van der Waals surface area contributed by atoms with Crippen molar-refractivity contribution in [2.24, 2.45) is 0 Å². The summed E-state index contributed by atoms with van der Waals surface area (Å²) in [7, 11) is 1.44. The number of ketones is 1. The van der Waals surface area contributed by atoms with Crippen LogP contribution in [0.2, 0.25) is 0 Å². The Hall–Kier alpha value is -2.10. The van der Waals surface area contributed by atoms with Gasteiger partial charge in [0.1, 0.15) is 0 Å². The summed E-state index contributed by atoms with van der Waals surface area (Å²) in [5.41, 5.74) is 2.61. The number of hydrogen-bond acceptors (Lipinski definition) is 2. The van der Waals surface area contributed by atoms with Gasteiger partial charge in [-0.05, 0) is 31.0 Å². The number of methoxy groups -OCH3 is 1. The molecule has 19 heavy (non-hydrogen) atoms. The molecule has 0 atom stereocenters. The molecule has 2 aromatic rings. The zero-order valence-corrected chi connectivity index (χ0v) is 10.6. The molecule has 0 fully saturated rings. The van der Waals surface area contributed by atoms with Gasteiger partial charge >= 0.3 is 0 Å². The molecular weight excluding hydrogens is 245 g/mol. The van der Waals surface area contributed by atoms with Crippen molar-refractivity contribution in [2.45, 2.75) is 19.3 Å². The van der Waals surface area contributed by atoms with Crippen LogP contribution in [0.25, 0.3) is 5.69 Å². The largest absolute Gasteiger partial charge is 0.494 e. The fraction of sp³-hybridized carbons (Fsp3) is 0.267. The summed E-state index contributed by atoms with van der Waals surface area (Å²) >= 11 is 0. The van der Waals surface area contributed by atoms with Gasteiger partial charge in [-0.3, -0.25) is 4.79 Å². The van der Waals surface area contributed by atoms with Gasteiger partial charge in [0.2, 0.25) is 0 Å². The van der Waals surface area contributed by atoms with E-state index in [1.165, 1.54) is 13.2 Å². The van der Waals surface area contributed by atoms with Crippen LogP contribution >= 0.6 is 0 Å². The second-order valence-corrected chi connectivity index (χ2v) is 4.64. The lowest BCUT2D eigenvalue weighted by molar-refractivity contribution is 0.0972. The van der Waals surface area contributed by atoms with Crippen LogP contribution in [-0.2, 0) is 6.42 Å². The Labute approximate surface area is 110 Å². The second-order valence-electron chi connectivity index (χ2n) is 4.64. The quantitative estimate of drug-likeness (QED) is 0.829. The fourth-order valence-electron chi connectivity index (χ4n) is 2.57. The van der Waals surface area contributed by atoms with Crippen molar-refractivity contribution in [3.63, 3.8) is 0 Å². The van der Waals surface area contributed by atoms with Crippen molar-refractivity contribution in [1.82, 2.24) is 4.57 Å². The maximum absolute atomic E-state index is 13.4. The first-order valence-corrected chi connectivity index (χ1v) is 6.28. The minimum atomic E-state index is -0.386. The zero-order chi connectivity index (χ0) is 13.4.